The Morgan fingerprint density at radius 2 is 1.57 bits per heavy atom. The van der Waals surface area contributed by atoms with E-state index in [0.29, 0.717) is 30.5 Å². The lowest BCUT2D eigenvalue weighted by atomic mass is 10.1. The minimum absolute atomic E-state index is 0.219. The van der Waals surface area contributed by atoms with Crippen molar-refractivity contribution in [2.24, 2.45) is 0 Å². The van der Waals surface area contributed by atoms with Crippen molar-refractivity contribution in [3.63, 3.8) is 0 Å². The molecule has 182 valence electrons. The predicted molar refractivity (Wildman–Crippen MR) is 135 cm³/mol. The maximum Gasteiger partial charge on any atom is 0.251 e. The first-order valence-electron chi connectivity index (χ1n) is 12.3. The largest absolute Gasteiger partial charge is 0.350 e. The van der Waals surface area contributed by atoms with Crippen molar-refractivity contribution >= 4 is 11.8 Å². The number of benzene rings is 3. The SMILES string of the molecule is O=C(NC(CCCCNC1CC1c1ccccc1)C(=O)NCc1ccccc1)c1ccc(F)cc1. The average Bonchev–Trinajstić information content (AvgIpc) is 3.67. The minimum atomic E-state index is -0.658. The molecule has 6 heteroatoms. The Bertz CT molecular complexity index is 1090. The van der Waals surface area contributed by atoms with Gasteiger partial charge in [0.2, 0.25) is 5.91 Å². The molecule has 1 aliphatic rings. The van der Waals surface area contributed by atoms with Crippen LogP contribution in [0.25, 0.3) is 0 Å². The number of carbonyl (C=O) groups excluding carboxylic acids is 2. The van der Waals surface area contributed by atoms with Crippen LogP contribution in [0.1, 0.15) is 53.1 Å². The number of halogens is 1. The molecular formula is C29H32FN3O2. The van der Waals surface area contributed by atoms with Crippen molar-refractivity contribution in [2.75, 3.05) is 6.54 Å². The van der Waals surface area contributed by atoms with Gasteiger partial charge in [-0.3, -0.25) is 9.59 Å². The van der Waals surface area contributed by atoms with Gasteiger partial charge in [0, 0.05) is 24.1 Å². The molecule has 3 aromatic rings. The first kappa shape index (κ1) is 24.6. The van der Waals surface area contributed by atoms with Crippen LogP contribution >= 0.6 is 0 Å². The fourth-order valence-corrected chi connectivity index (χ4v) is 4.27. The molecule has 3 aromatic carbocycles. The highest BCUT2D eigenvalue weighted by molar-refractivity contribution is 5.97. The van der Waals surface area contributed by atoms with E-state index in [2.05, 4.69) is 40.2 Å². The number of carbonyl (C=O) groups is 2. The average molecular weight is 474 g/mol. The van der Waals surface area contributed by atoms with Gasteiger partial charge < -0.3 is 16.0 Å². The summed E-state index contributed by atoms with van der Waals surface area (Å²) < 4.78 is 13.2. The van der Waals surface area contributed by atoms with E-state index in [9.17, 15) is 14.0 Å². The van der Waals surface area contributed by atoms with E-state index >= 15 is 0 Å². The van der Waals surface area contributed by atoms with Gasteiger partial charge in [0.1, 0.15) is 11.9 Å². The van der Waals surface area contributed by atoms with Crippen LogP contribution in [-0.4, -0.2) is 30.4 Å². The second kappa shape index (κ2) is 12.3. The van der Waals surface area contributed by atoms with Gasteiger partial charge in [-0.15, -0.1) is 0 Å². The minimum Gasteiger partial charge on any atom is -0.350 e. The summed E-state index contributed by atoms with van der Waals surface area (Å²) in [7, 11) is 0. The van der Waals surface area contributed by atoms with Gasteiger partial charge >= 0.3 is 0 Å². The van der Waals surface area contributed by atoms with Crippen molar-refractivity contribution in [1.29, 1.82) is 0 Å². The Morgan fingerprint density at radius 3 is 2.29 bits per heavy atom. The van der Waals surface area contributed by atoms with Crippen molar-refractivity contribution < 1.29 is 14.0 Å². The summed E-state index contributed by atoms with van der Waals surface area (Å²) in [6.45, 7) is 1.27. The quantitative estimate of drug-likeness (QED) is 0.338. The summed E-state index contributed by atoms with van der Waals surface area (Å²) in [6, 6.07) is 25.4. The van der Waals surface area contributed by atoms with E-state index in [1.54, 1.807) is 0 Å². The molecule has 1 saturated carbocycles. The lowest BCUT2D eigenvalue weighted by Crippen LogP contribution is -2.46. The topological polar surface area (TPSA) is 70.2 Å². The second-order valence-corrected chi connectivity index (χ2v) is 9.05. The molecule has 1 fully saturated rings. The smallest absolute Gasteiger partial charge is 0.251 e. The number of hydrogen-bond donors (Lipinski definition) is 3. The molecule has 0 bridgehead atoms. The highest BCUT2D eigenvalue weighted by Gasteiger charge is 2.37. The fourth-order valence-electron chi connectivity index (χ4n) is 4.27. The number of rotatable bonds is 12. The van der Waals surface area contributed by atoms with E-state index in [1.807, 2.05) is 36.4 Å². The molecule has 0 saturated heterocycles. The molecule has 3 unspecified atom stereocenters. The van der Waals surface area contributed by atoms with Crippen molar-refractivity contribution in [2.45, 2.75) is 50.2 Å². The maximum atomic E-state index is 13.2. The Morgan fingerprint density at radius 1 is 0.886 bits per heavy atom. The number of hydrogen-bond acceptors (Lipinski definition) is 3. The Hall–Kier alpha value is -3.51. The van der Waals surface area contributed by atoms with Crippen molar-refractivity contribution in [3.05, 3.63) is 107 Å². The molecule has 0 heterocycles. The zero-order valence-electron chi connectivity index (χ0n) is 19.8. The van der Waals surface area contributed by atoms with Crippen LogP contribution in [0.5, 0.6) is 0 Å². The Balaban J connectivity index is 1.25. The van der Waals surface area contributed by atoms with Crippen LogP contribution in [0.15, 0.2) is 84.9 Å². The van der Waals surface area contributed by atoms with Gasteiger partial charge in [0.25, 0.3) is 5.91 Å². The highest BCUT2D eigenvalue weighted by atomic mass is 19.1. The van der Waals surface area contributed by atoms with Crippen LogP contribution in [0.3, 0.4) is 0 Å². The molecule has 0 radical (unpaired) electrons. The summed E-state index contributed by atoms with van der Waals surface area (Å²) in [6.07, 6.45) is 3.39. The first-order chi connectivity index (χ1) is 17.1. The fraction of sp³-hybridized carbons (Fsp3) is 0.310. The molecule has 0 spiro atoms. The Kier molecular flexibility index (Phi) is 8.63. The lowest BCUT2D eigenvalue weighted by molar-refractivity contribution is -0.123. The number of amides is 2. The normalized spacial score (nSPS) is 17.4. The summed E-state index contributed by atoms with van der Waals surface area (Å²) in [5, 5.41) is 9.37. The molecule has 0 aromatic heterocycles. The van der Waals surface area contributed by atoms with Crippen molar-refractivity contribution in [3.8, 4) is 0 Å². The van der Waals surface area contributed by atoms with Gasteiger partial charge in [-0.05, 0) is 67.6 Å². The monoisotopic (exact) mass is 473 g/mol. The third-order valence-corrected chi connectivity index (χ3v) is 6.38. The molecule has 3 N–H and O–H groups in total. The zero-order valence-corrected chi connectivity index (χ0v) is 19.8. The van der Waals surface area contributed by atoms with E-state index in [-0.39, 0.29) is 11.8 Å². The van der Waals surface area contributed by atoms with E-state index in [1.165, 1.54) is 29.8 Å². The maximum absolute atomic E-state index is 13.2. The third kappa shape index (κ3) is 7.49. The summed E-state index contributed by atoms with van der Waals surface area (Å²) >= 11 is 0. The van der Waals surface area contributed by atoms with Crippen LogP contribution in [0, 0.1) is 5.82 Å². The third-order valence-electron chi connectivity index (χ3n) is 6.38. The van der Waals surface area contributed by atoms with Crippen LogP contribution in [0.2, 0.25) is 0 Å². The molecule has 4 rings (SSSR count). The summed E-state index contributed by atoms with van der Waals surface area (Å²) in [5.41, 5.74) is 2.70. The van der Waals surface area contributed by atoms with Gasteiger partial charge in [0.05, 0.1) is 0 Å². The number of nitrogens with one attached hydrogen (secondary N) is 3. The summed E-state index contributed by atoms with van der Waals surface area (Å²) in [4.78, 5) is 25.6. The predicted octanol–water partition coefficient (Wildman–Crippen LogP) is 4.56. The van der Waals surface area contributed by atoms with Crippen LogP contribution in [0.4, 0.5) is 4.39 Å². The van der Waals surface area contributed by atoms with Crippen molar-refractivity contribution in [1.82, 2.24) is 16.0 Å². The molecule has 35 heavy (non-hydrogen) atoms. The van der Waals surface area contributed by atoms with E-state index in [4.69, 9.17) is 0 Å². The first-order valence-corrected chi connectivity index (χ1v) is 12.3. The van der Waals surface area contributed by atoms with Gasteiger partial charge in [-0.2, -0.15) is 0 Å². The van der Waals surface area contributed by atoms with Crippen LogP contribution < -0.4 is 16.0 Å². The van der Waals surface area contributed by atoms with E-state index in [0.717, 1.165) is 31.4 Å². The zero-order chi connectivity index (χ0) is 24.5. The van der Waals surface area contributed by atoms with Crippen LogP contribution in [-0.2, 0) is 11.3 Å². The molecule has 3 atom stereocenters. The molecule has 1 aliphatic carbocycles. The molecular weight excluding hydrogens is 441 g/mol. The molecule has 2 amide bonds. The highest BCUT2D eigenvalue weighted by Crippen LogP contribution is 2.40. The Labute approximate surface area is 206 Å². The second-order valence-electron chi connectivity index (χ2n) is 9.05. The molecule has 5 nitrogen and oxygen atoms in total. The summed E-state index contributed by atoms with van der Waals surface area (Å²) in [5.74, 6) is -0.422. The van der Waals surface area contributed by atoms with Gasteiger partial charge in [-0.1, -0.05) is 60.7 Å². The van der Waals surface area contributed by atoms with E-state index < -0.39 is 11.9 Å². The van der Waals surface area contributed by atoms with Gasteiger partial charge in [0.15, 0.2) is 0 Å². The van der Waals surface area contributed by atoms with Gasteiger partial charge in [-0.25, -0.2) is 4.39 Å². The number of unbranched alkanes of at least 4 members (excludes halogenated alkanes) is 1. The lowest BCUT2D eigenvalue weighted by Gasteiger charge is -2.19. The molecule has 0 aliphatic heterocycles. The standard InChI is InChI=1S/C29H32FN3O2/c30-24-16-14-23(15-17-24)28(34)33-26(29(35)32-20-21-9-3-1-4-10-21)13-7-8-18-31-27-19-25(27)22-11-5-2-6-12-22/h1-6,9-12,14-17,25-27,31H,7-8,13,18-20H2,(H,32,35)(H,33,34).